The van der Waals surface area contributed by atoms with Crippen molar-refractivity contribution in [2.45, 2.75) is 12.6 Å². The molecule has 0 aliphatic rings. The van der Waals surface area contributed by atoms with Gasteiger partial charge in [0.05, 0.1) is 11.6 Å². The molecule has 0 spiro atoms. The molecule has 0 radical (unpaired) electrons. The smallest absolute Gasteiger partial charge is 0.259 e. The van der Waals surface area contributed by atoms with Gasteiger partial charge in [0.25, 0.3) is 5.56 Å². The van der Waals surface area contributed by atoms with Gasteiger partial charge in [0, 0.05) is 10.4 Å². The Balaban J connectivity index is 1.44. The van der Waals surface area contributed by atoms with E-state index in [1.165, 1.54) is 0 Å². The van der Waals surface area contributed by atoms with E-state index in [0.717, 1.165) is 26.6 Å². The highest BCUT2D eigenvalue weighted by molar-refractivity contribution is 7.21. The molecule has 2 aromatic carbocycles. The van der Waals surface area contributed by atoms with Crippen molar-refractivity contribution in [3.05, 3.63) is 113 Å². The number of quaternary nitrogens is 1. The third kappa shape index (κ3) is 3.70. The number of nitrogens with zero attached hydrogens (tertiary/aromatic N) is 1. The monoisotopic (exact) mass is 414 g/mol. The van der Waals surface area contributed by atoms with Crippen LogP contribution in [0.15, 0.2) is 94.3 Å². The first-order chi connectivity index (χ1) is 14.8. The number of nitrogens with two attached hydrogens (primary N) is 1. The van der Waals surface area contributed by atoms with Gasteiger partial charge in [-0.3, -0.25) is 4.79 Å². The molecule has 0 saturated heterocycles. The quantitative estimate of drug-likeness (QED) is 0.439. The summed E-state index contributed by atoms with van der Waals surface area (Å²) >= 11 is 1.54. The largest absolute Gasteiger partial charge is 0.463 e. The number of hydrogen-bond donors (Lipinski definition) is 2. The van der Waals surface area contributed by atoms with Crippen LogP contribution in [0.2, 0.25) is 0 Å². The summed E-state index contributed by atoms with van der Waals surface area (Å²) in [5.74, 6) is 1.52. The van der Waals surface area contributed by atoms with Gasteiger partial charge in [-0.15, -0.1) is 11.3 Å². The van der Waals surface area contributed by atoms with Crippen LogP contribution in [0.4, 0.5) is 0 Å². The Morgan fingerprint density at radius 3 is 2.50 bits per heavy atom. The lowest BCUT2D eigenvalue weighted by Gasteiger charge is -2.13. The lowest BCUT2D eigenvalue weighted by molar-refractivity contribution is -0.705. The summed E-state index contributed by atoms with van der Waals surface area (Å²) in [5, 5.41) is 2.76. The van der Waals surface area contributed by atoms with Crippen LogP contribution in [0.3, 0.4) is 0 Å². The second kappa shape index (κ2) is 8.10. The van der Waals surface area contributed by atoms with Crippen LogP contribution in [0, 0.1) is 0 Å². The Morgan fingerprint density at radius 1 is 1.00 bits per heavy atom. The van der Waals surface area contributed by atoms with E-state index in [0.29, 0.717) is 17.8 Å². The molecule has 3 aromatic heterocycles. The number of aromatic nitrogens is 2. The standard InChI is InChI=1S/C24H19N3O2S/c28-23-18-14-20(16-8-3-1-4-9-16)30-24(18)27-21(26-23)15-25-22(19-12-7-13-29-19)17-10-5-2-6-11-17/h1-14,22,25H,15H2,(H,26,27,28)/p+1/t22-/m0/s1. The Bertz CT molecular complexity index is 1310. The van der Waals surface area contributed by atoms with E-state index in [4.69, 9.17) is 9.40 Å². The fourth-order valence-electron chi connectivity index (χ4n) is 3.59. The predicted octanol–water partition coefficient (Wildman–Crippen LogP) is 4.10. The van der Waals surface area contributed by atoms with Crippen LogP contribution in [-0.2, 0) is 6.54 Å². The van der Waals surface area contributed by atoms with Gasteiger partial charge < -0.3 is 14.7 Å². The second-order valence-electron chi connectivity index (χ2n) is 7.05. The zero-order chi connectivity index (χ0) is 20.3. The fraction of sp³-hybridized carbons (Fsp3) is 0.0833. The van der Waals surface area contributed by atoms with Crippen molar-refractivity contribution in [3.8, 4) is 10.4 Å². The molecule has 0 fully saturated rings. The van der Waals surface area contributed by atoms with Crippen molar-refractivity contribution >= 4 is 21.6 Å². The Hall–Kier alpha value is -3.48. The molecule has 0 unspecified atom stereocenters. The third-order valence-electron chi connectivity index (χ3n) is 5.07. The first-order valence-corrected chi connectivity index (χ1v) is 10.6. The van der Waals surface area contributed by atoms with Gasteiger partial charge in [-0.05, 0) is 23.8 Å². The van der Waals surface area contributed by atoms with E-state index in [1.54, 1.807) is 17.6 Å². The Morgan fingerprint density at radius 2 is 1.77 bits per heavy atom. The molecule has 3 heterocycles. The van der Waals surface area contributed by atoms with Crippen molar-refractivity contribution in [3.63, 3.8) is 0 Å². The number of nitrogens with one attached hydrogen (secondary N) is 1. The molecule has 5 rings (SSSR count). The topological polar surface area (TPSA) is 75.5 Å². The summed E-state index contributed by atoms with van der Waals surface area (Å²) < 4.78 is 5.66. The SMILES string of the molecule is O=c1[nH]c(C[NH2+][C@@H](c2ccccc2)c2ccco2)nc2sc(-c3ccccc3)cc12. The molecule has 0 aliphatic heterocycles. The summed E-state index contributed by atoms with van der Waals surface area (Å²) in [6.07, 6.45) is 1.68. The van der Waals surface area contributed by atoms with Gasteiger partial charge in [0.1, 0.15) is 11.4 Å². The molecule has 6 heteroatoms. The molecule has 0 aliphatic carbocycles. The number of furan rings is 1. The van der Waals surface area contributed by atoms with Gasteiger partial charge in [0.2, 0.25) is 0 Å². The lowest BCUT2D eigenvalue weighted by Crippen LogP contribution is -2.84. The van der Waals surface area contributed by atoms with Gasteiger partial charge in [-0.25, -0.2) is 4.98 Å². The summed E-state index contributed by atoms with van der Waals surface area (Å²) in [6, 6.07) is 26.0. The molecular weight excluding hydrogens is 394 g/mol. The zero-order valence-electron chi connectivity index (χ0n) is 16.1. The number of H-pyrrole nitrogens is 1. The number of benzene rings is 2. The number of hydrogen-bond acceptors (Lipinski definition) is 4. The van der Waals surface area contributed by atoms with E-state index in [-0.39, 0.29) is 11.6 Å². The molecular formula is C24H20N3O2S+. The minimum Gasteiger partial charge on any atom is -0.463 e. The maximum absolute atomic E-state index is 12.7. The van der Waals surface area contributed by atoms with Crippen molar-refractivity contribution in [1.82, 2.24) is 9.97 Å². The first-order valence-electron chi connectivity index (χ1n) is 9.78. The number of fused-ring (bicyclic) bond motifs is 1. The fourth-order valence-corrected chi connectivity index (χ4v) is 4.65. The molecule has 0 bridgehead atoms. The van der Waals surface area contributed by atoms with E-state index in [2.05, 4.69) is 22.4 Å². The second-order valence-corrected chi connectivity index (χ2v) is 8.08. The van der Waals surface area contributed by atoms with E-state index < -0.39 is 0 Å². The lowest BCUT2D eigenvalue weighted by atomic mass is 10.0. The zero-order valence-corrected chi connectivity index (χ0v) is 16.9. The molecule has 148 valence electrons. The van der Waals surface area contributed by atoms with Crippen LogP contribution >= 0.6 is 11.3 Å². The molecule has 0 amide bonds. The molecule has 3 N–H and O–H groups in total. The van der Waals surface area contributed by atoms with Crippen molar-refractivity contribution in [1.29, 1.82) is 0 Å². The van der Waals surface area contributed by atoms with Crippen LogP contribution in [-0.4, -0.2) is 9.97 Å². The van der Waals surface area contributed by atoms with Gasteiger partial charge in [-0.1, -0.05) is 60.7 Å². The molecule has 5 nitrogen and oxygen atoms in total. The van der Waals surface area contributed by atoms with E-state index in [9.17, 15) is 4.79 Å². The minimum atomic E-state index is -0.101. The maximum atomic E-state index is 12.7. The number of aromatic amines is 1. The van der Waals surface area contributed by atoms with Crippen LogP contribution in [0.5, 0.6) is 0 Å². The molecule has 0 saturated carbocycles. The average molecular weight is 415 g/mol. The van der Waals surface area contributed by atoms with E-state index in [1.807, 2.05) is 66.7 Å². The van der Waals surface area contributed by atoms with Gasteiger partial charge in [0.15, 0.2) is 17.6 Å². The predicted molar refractivity (Wildman–Crippen MR) is 118 cm³/mol. The molecule has 5 aromatic rings. The highest BCUT2D eigenvalue weighted by atomic mass is 32.1. The first kappa shape index (κ1) is 18.5. The summed E-state index contributed by atoms with van der Waals surface area (Å²) in [4.78, 5) is 22.1. The third-order valence-corrected chi connectivity index (χ3v) is 6.14. The van der Waals surface area contributed by atoms with E-state index >= 15 is 0 Å². The summed E-state index contributed by atoms with van der Waals surface area (Å²) in [7, 11) is 0. The average Bonchev–Trinajstić information content (AvgIpc) is 3.46. The summed E-state index contributed by atoms with van der Waals surface area (Å²) in [5.41, 5.74) is 2.13. The summed E-state index contributed by atoms with van der Waals surface area (Å²) in [6.45, 7) is 0.532. The normalized spacial score (nSPS) is 12.3. The molecule has 1 atom stereocenters. The van der Waals surface area contributed by atoms with Crippen LogP contribution in [0.1, 0.15) is 23.2 Å². The van der Waals surface area contributed by atoms with Crippen molar-refractivity contribution in [2.75, 3.05) is 0 Å². The van der Waals surface area contributed by atoms with Crippen molar-refractivity contribution in [2.24, 2.45) is 0 Å². The minimum absolute atomic E-state index is 0.00888. The van der Waals surface area contributed by atoms with Crippen molar-refractivity contribution < 1.29 is 9.73 Å². The molecule has 30 heavy (non-hydrogen) atoms. The van der Waals surface area contributed by atoms with Gasteiger partial charge >= 0.3 is 0 Å². The number of rotatable bonds is 6. The maximum Gasteiger partial charge on any atom is 0.259 e. The van der Waals surface area contributed by atoms with Crippen LogP contribution < -0.4 is 10.9 Å². The highest BCUT2D eigenvalue weighted by Crippen LogP contribution is 2.30. The Kier molecular flexibility index (Phi) is 5.01. The highest BCUT2D eigenvalue weighted by Gasteiger charge is 2.21. The van der Waals surface area contributed by atoms with Gasteiger partial charge in [-0.2, -0.15) is 0 Å². The Labute approximate surface area is 177 Å². The van der Waals surface area contributed by atoms with Crippen LogP contribution in [0.25, 0.3) is 20.7 Å². The number of thiophene rings is 1.